The number of benzene rings is 1. The van der Waals surface area contributed by atoms with E-state index in [0.717, 1.165) is 11.1 Å². The highest BCUT2D eigenvalue weighted by Crippen LogP contribution is 2.36. The lowest BCUT2D eigenvalue weighted by molar-refractivity contribution is -0.111. The fraction of sp³-hybridized carbons (Fsp3) is 0.318. The number of anilines is 3. The number of hydrogen-bond donors (Lipinski definition) is 2. The molecular weight excluding hydrogens is 491 g/mol. The summed E-state index contributed by atoms with van der Waals surface area (Å²) in [6.45, 7) is 6.09. The third kappa shape index (κ3) is 4.52. The van der Waals surface area contributed by atoms with Gasteiger partial charge < -0.3 is 20.1 Å². The van der Waals surface area contributed by atoms with Crippen molar-refractivity contribution in [2.75, 3.05) is 28.6 Å². The summed E-state index contributed by atoms with van der Waals surface area (Å²) in [6.07, 6.45) is 3.31. The molecule has 2 atom stereocenters. The molecule has 3 heterocycles. The van der Waals surface area contributed by atoms with Crippen LogP contribution in [-0.4, -0.2) is 50.7 Å². The highest BCUT2D eigenvalue weighted by Gasteiger charge is 2.31. The molecule has 11 heteroatoms. The molecule has 1 fully saturated rings. The number of halogens is 2. The molecule has 1 aliphatic heterocycles. The number of nitrogens with one attached hydrogen (secondary N) is 2. The molecule has 1 saturated heterocycles. The van der Waals surface area contributed by atoms with Crippen molar-refractivity contribution in [3.05, 3.63) is 46.7 Å². The zero-order valence-electron chi connectivity index (χ0n) is 18.1. The number of fused-ring (bicyclic) bond motifs is 1. The van der Waals surface area contributed by atoms with E-state index in [9.17, 15) is 9.18 Å². The van der Waals surface area contributed by atoms with Crippen LogP contribution in [-0.2, 0) is 11.8 Å². The second-order valence-corrected chi connectivity index (χ2v) is 8.69. The number of aromatic nitrogens is 4. The highest BCUT2D eigenvalue weighted by atomic mass is 79.9. The number of imidazole rings is 1. The van der Waals surface area contributed by atoms with Gasteiger partial charge in [0.1, 0.15) is 17.8 Å². The number of aryl methyl sites for hydroxylation is 2. The largest absolute Gasteiger partial charge is 0.350 e. The number of hydrogen-bond acceptors (Lipinski definition) is 7. The van der Waals surface area contributed by atoms with Crippen molar-refractivity contribution in [1.29, 1.82) is 5.26 Å². The van der Waals surface area contributed by atoms with Crippen molar-refractivity contribution < 1.29 is 9.18 Å². The van der Waals surface area contributed by atoms with E-state index >= 15 is 0 Å². The minimum absolute atomic E-state index is 0.209. The Morgan fingerprint density at radius 3 is 2.79 bits per heavy atom. The molecule has 9 nitrogen and oxygen atoms in total. The molecule has 2 N–H and O–H groups in total. The summed E-state index contributed by atoms with van der Waals surface area (Å²) >= 11 is 3.57. The number of alkyl halides is 1. The summed E-state index contributed by atoms with van der Waals surface area (Å²) < 4.78 is 17.3. The fourth-order valence-corrected chi connectivity index (χ4v) is 4.66. The second-order valence-electron chi connectivity index (χ2n) is 7.90. The molecular formula is C22H22BrFN8O. The molecule has 0 radical (unpaired) electrons. The topological polar surface area (TPSA) is 112 Å². The summed E-state index contributed by atoms with van der Waals surface area (Å²) in [5, 5.41) is 14.9. The van der Waals surface area contributed by atoms with Crippen molar-refractivity contribution in [3.63, 3.8) is 0 Å². The Balaban J connectivity index is 1.63. The Kier molecular flexibility index (Phi) is 6.29. The molecule has 1 amide bonds. The van der Waals surface area contributed by atoms with Gasteiger partial charge in [-0.15, -0.1) is 0 Å². The first-order chi connectivity index (χ1) is 15.8. The van der Waals surface area contributed by atoms with Crippen molar-refractivity contribution in [2.24, 2.45) is 7.05 Å². The van der Waals surface area contributed by atoms with Gasteiger partial charge in [-0.05, 0) is 40.6 Å². The van der Waals surface area contributed by atoms with Gasteiger partial charge in [0.05, 0.1) is 40.2 Å². The predicted molar refractivity (Wildman–Crippen MR) is 128 cm³/mol. The summed E-state index contributed by atoms with van der Waals surface area (Å²) in [7, 11) is 1.88. The van der Waals surface area contributed by atoms with E-state index in [1.54, 1.807) is 0 Å². The fourth-order valence-electron chi connectivity index (χ4n) is 3.95. The van der Waals surface area contributed by atoms with Gasteiger partial charge in [-0.25, -0.2) is 19.3 Å². The number of nitrogens with zero attached hydrogens (tertiary/aromatic N) is 6. The summed E-state index contributed by atoms with van der Waals surface area (Å²) in [6, 6.07) is 3.67. The first kappa shape index (κ1) is 22.7. The molecule has 0 bridgehead atoms. The van der Waals surface area contributed by atoms with Gasteiger partial charge in [0.2, 0.25) is 17.8 Å². The first-order valence-electron chi connectivity index (χ1n) is 10.3. The standard InChI is InChI=1S/C22H22BrFN8O/c1-4-17(33)29-19-12(2)5-16-20(18(19)23)30-22(31(16)3)32-10-14(24)6-15(11-32)28-21-26-8-13(7-25)9-27-21/h4-5,8-9,14-15H,1,6,10-11H2,2-3H3,(H,29,33)(H,26,27,28)/t14-,15-/m1/s1. The first-order valence-corrected chi connectivity index (χ1v) is 11.1. The lowest BCUT2D eigenvalue weighted by Gasteiger charge is -2.35. The minimum atomic E-state index is -1.07. The Hall–Kier alpha value is -3.52. The van der Waals surface area contributed by atoms with E-state index in [1.165, 1.54) is 18.5 Å². The normalized spacial score (nSPS) is 18.1. The maximum absolute atomic E-state index is 14.7. The summed E-state index contributed by atoms with van der Waals surface area (Å²) in [4.78, 5) is 26.8. The Bertz CT molecular complexity index is 1270. The van der Waals surface area contributed by atoms with Crippen molar-refractivity contribution >= 4 is 50.5 Å². The average Bonchev–Trinajstić information content (AvgIpc) is 3.13. The molecule has 1 aromatic carbocycles. The maximum atomic E-state index is 14.7. The van der Waals surface area contributed by atoms with Crippen molar-refractivity contribution in [2.45, 2.75) is 25.6 Å². The number of carbonyl (C=O) groups is 1. The number of rotatable bonds is 5. The molecule has 4 rings (SSSR count). The Morgan fingerprint density at radius 2 is 2.12 bits per heavy atom. The molecule has 0 aliphatic carbocycles. The number of amides is 1. The van der Waals surface area contributed by atoms with Gasteiger partial charge in [-0.3, -0.25) is 4.79 Å². The van der Waals surface area contributed by atoms with Gasteiger partial charge in [0.15, 0.2) is 0 Å². The van der Waals surface area contributed by atoms with Gasteiger partial charge in [-0.1, -0.05) is 6.58 Å². The lowest BCUT2D eigenvalue weighted by atomic mass is 10.0. The average molecular weight is 513 g/mol. The summed E-state index contributed by atoms with van der Waals surface area (Å²) in [5.74, 6) is 0.649. The van der Waals surface area contributed by atoms with Crippen LogP contribution < -0.4 is 15.5 Å². The second kappa shape index (κ2) is 9.15. The molecule has 2 aromatic heterocycles. The SMILES string of the molecule is C=CC(=O)Nc1c(C)cc2c(nc(N3C[C@H](F)C[C@@H](Nc4ncc(C#N)cn4)C3)n2C)c1Br. The quantitative estimate of drug-likeness (QED) is 0.503. The Morgan fingerprint density at radius 1 is 1.39 bits per heavy atom. The number of carbonyl (C=O) groups excluding carboxylic acids is 1. The van der Waals surface area contributed by atoms with Crippen LogP contribution in [0.2, 0.25) is 0 Å². The van der Waals surface area contributed by atoms with Gasteiger partial charge >= 0.3 is 0 Å². The van der Waals surface area contributed by atoms with Crippen molar-refractivity contribution in [3.8, 4) is 6.07 Å². The number of piperidine rings is 1. The van der Waals surface area contributed by atoms with E-state index in [1.807, 2.05) is 35.6 Å². The molecule has 33 heavy (non-hydrogen) atoms. The predicted octanol–water partition coefficient (Wildman–Crippen LogP) is 3.46. The van der Waals surface area contributed by atoms with Crippen LogP contribution >= 0.6 is 15.9 Å². The van der Waals surface area contributed by atoms with Crippen LogP contribution in [0.4, 0.5) is 22.0 Å². The van der Waals surface area contributed by atoms with Crippen LogP contribution in [0.15, 0.2) is 35.6 Å². The van der Waals surface area contributed by atoms with Crippen LogP contribution in [0, 0.1) is 18.3 Å². The van der Waals surface area contributed by atoms with Crippen LogP contribution in [0.3, 0.4) is 0 Å². The van der Waals surface area contributed by atoms with E-state index in [4.69, 9.17) is 10.2 Å². The van der Waals surface area contributed by atoms with E-state index in [2.05, 4.69) is 43.1 Å². The molecule has 1 aliphatic rings. The minimum Gasteiger partial charge on any atom is -0.350 e. The van der Waals surface area contributed by atoms with Crippen molar-refractivity contribution in [1.82, 2.24) is 19.5 Å². The molecule has 170 valence electrons. The van der Waals surface area contributed by atoms with Gasteiger partial charge in [0, 0.05) is 26.1 Å². The lowest BCUT2D eigenvalue weighted by Crippen LogP contribution is -2.48. The molecule has 0 spiro atoms. The molecule has 3 aromatic rings. The third-order valence-electron chi connectivity index (χ3n) is 5.52. The van der Waals surface area contributed by atoms with E-state index in [0.29, 0.717) is 46.1 Å². The van der Waals surface area contributed by atoms with E-state index < -0.39 is 6.17 Å². The Labute approximate surface area is 198 Å². The van der Waals surface area contributed by atoms with Crippen LogP contribution in [0.25, 0.3) is 11.0 Å². The van der Waals surface area contributed by atoms with Gasteiger partial charge in [-0.2, -0.15) is 5.26 Å². The number of nitriles is 1. The van der Waals surface area contributed by atoms with E-state index in [-0.39, 0.29) is 18.5 Å². The monoisotopic (exact) mass is 512 g/mol. The van der Waals surface area contributed by atoms with Gasteiger partial charge in [0.25, 0.3) is 0 Å². The zero-order chi connectivity index (χ0) is 23.7. The molecule has 0 unspecified atom stereocenters. The smallest absolute Gasteiger partial charge is 0.247 e. The maximum Gasteiger partial charge on any atom is 0.247 e. The van der Waals surface area contributed by atoms with Crippen LogP contribution in [0.5, 0.6) is 0 Å². The summed E-state index contributed by atoms with van der Waals surface area (Å²) in [5.41, 5.74) is 3.36. The zero-order valence-corrected chi connectivity index (χ0v) is 19.7. The van der Waals surface area contributed by atoms with Crippen LogP contribution in [0.1, 0.15) is 17.5 Å². The highest BCUT2D eigenvalue weighted by molar-refractivity contribution is 9.10. The molecule has 0 saturated carbocycles. The third-order valence-corrected chi connectivity index (χ3v) is 6.29.